The number of hydrogen-bond donors (Lipinski definition) is 4. The van der Waals surface area contributed by atoms with Crippen LogP contribution in [0.4, 0.5) is 0 Å². The van der Waals surface area contributed by atoms with Crippen LogP contribution in [0.1, 0.15) is 39.5 Å². The Kier molecular flexibility index (Phi) is 13.5. The first-order valence-corrected chi connectivity index (χ1v) is 6.45. The zero-order chi connectivity index (χ0) is 14.0. The minimum Gasteiger partial charge on any atom is -0.480 e. The first kappa shape index (κ1) is 20.7. The molecular weight excluding hydrogens is 316 g/mol. The van der Waals surface area contributed by atoms with Gasteiger partial charge in [-0.1, -0.05) is 26.7 Å². The fourth-order valence-corrected chi connectivity index (χ4v) is 1.70. The Labute approximate surface area is 124 Å². The molecule has 0 radical (unpaired) electrons. The molecule has 0 rings (SSSR count). The summed E-state index contributed by atoms with van der Waals surface area (Å²) in [7, 11) is 0. The lowest BCUT2D eigenvalue weighted by atomic mass is 10.1. The lowest BCUT2D eigenvalue weighted by molar-refractivity contribution is -0.141. The van der Waals surface area contributed by atoms with Crippen LogP contribution < -0.4 is 10.6 Å². The van der Waals surface area contributed by atoms with E-state index in [0.29, 0.717) is 25.9 Å². The van der Waals surface area contributed by atoms with Crippen LogP contribution in [0.25, 0.3) is 0 Å². The SMILES string of the molecule is Br.CCCC(NCCNC(CCC)C(=O)O)C(=O)O. The Hall–Kier alpha value is -0.660. The molecule has 0 aliphatic carbocycles. The predicted molar refractivity (Wildman–Crippen MR) is 79.0 cm³/mol. The van der Waals surface area contributed by atoms with Gasteiger partial charge in [-0.15, -0.1) is 17.0 Å². The van der Waals surface area contributed by atoms with Gasteiger partial charge < -0.3 is 20.8 Å². The molecule has 6 nitrogen and oxygen atoms in total. The normalized spacial score (nSPS) is 13.4. The number of carboxylic acid groups (broad SMARTS) is 2. The van der Waals surface area contributed by atoms with Crippen molar-refractivity contribution in [2.24, 2.45) is 0 Å². The third kappa shape index (κ3) is 9.86. The topological polar surface area (TPSA) is 98.7 Å². The fraction of sp³-hybridized carbons (Fsp3) is 0.833. The van der Waals surface area contributed by atoms with E-state index >= 15 is 0 Å². The average molecular weight is 341 g/mol. The van der Waals surface area contributed by atoms with E-state index in [9.17, 15) is 9.59 Å². The molecule has 2 atom stereocenters. The molecule has 0 amide bonds. The van der Waals surface area contributed by atoms with E-state index < -0.39 is 24.0 Å². The van der Waals surface area contributed by atoms with Crippen molar-refractivity contribution < 1.29 is 19.8 Å². The first-order chi connectivity index (χ1) is 8.52. The number of carboxylic acids is 2. The van der Waals surface area contributed by atoms with Crippen LogP contribution in [0.15, 0.2) is 0 Å². The fourth-order valence-electron chi connectivity index (χ4n) is 1.70. The van der Waals surface area contributed by atoms with Gasteiger partial charge in [0.15, 0.2) is 0 Å². The van der Waals surface area contributed by atoms with Crippen LogP contribution in [0.3, 0.4) is 0 Å². The van der Waals surface area contributed by atoms with Gasteiger partial charge in [0.1, 0.15) is 12.1 Å². The van der Waals surface area contributed by atoms with E-state index in [1.807, 2.05) is 13.8 Å². The molecule has 114 valence electrons. The van der Waals surface area contributed by atoms with Crippen molar-refractivity contribution in [3.8, 4) is 0 Å². The number of rotatable bonds is 11. The number of halogens is 1. The Balaban J connectivity index is 0. The van der Waals surface area contributed by atoms with Crippen molar-refractivity contribution >= 4 is 28.9 Å². The maximum atomic E-state index is 10.9. The standard InChI is InChI=1S/C12H24N2O4.BrH/c1-3-5-9(11(15)16)13-7-8-14-10(6-4-2)12(17)18;/h9-10,13-14H,3-8H2,1-2H3,(H,15,16)(H,17,18);1H. The summed E-state index contributed by atoms with van der Waals surface area (Å²) in [5, 5.41) is 23.6. The van der Waals surface area contributed by atoms with E-state index in [2.05, 4.69) is 10.6 Å². The van der Waals surface area contributed by atoms with Gasteiger partial charge in [0.05, 0.1) is 0 Å². The second kappa shape index (κ2) is 12.4. The molecular formula is C12H25BrN2O4. The molecule has 0 saturated carbocycles. The van der Waals surface area contributed by atoms with Gasteiger partial charge in [-0.25, -0.2) is 0 Å². The van der Waals surface area contributed by atoms with Gasteiger partial charge in [-0.3, -0.25) is 9.59 Å². The van der Waals surface area contributed by atoms with Gasteiger partial charge in [0.25, 0.3) is 0 Å². The van der Waals surface area contributed by atoms with Crippen molar-refractivity contribution in [3.05, 3.63) is 0 Å². The van der Waals surface area contributed by atoms with Crippen molar-refractivity contribution in [3.63, 3.8) is 0 Å². The lowest BCUT2D eigenvalue weighted by Gasteiger charge is -2.16. The summed E-state index contributed by atoms with van der Waals surface area (Å²) in [5.74, 6) is -1.72. The summed E-state index contributed by atoms with van der Waals surface area (Å²) >= 11 is 0. The summed E-state index contributed by atoms with van der Waals surface area (Å²) in [4.78, 5) is 21.7. The van der Waals surface area contributed by atoms with Crippen LogP contribution >= 0.6 is 17.0 Å². The van der Waals surface area contributed by atoms with Crippen molar-refractivity contribution in [1.29, 1.82) is 0 Å². The molecule has 0 aromatic heterocycles. The highest BCUT2D eigenvalue weighted by Gasteiger charge is 2.17. The smallest absolute Gasteiger partial charge is 0.320 e. The molecule has 0 aliphatic heterocycles. The molecule has 0 aromatic rings. The number of hydrogen-bond acceptors (Lipinski definition) is 4. The van der Waals surface area contributed by atoms with Crippen molar-refractivity contribution in [2.75, 3.05) is 13.1 Å². The third-order valence-electron chi connectivity index (χ3n) is 2.66. The second-order valence-corrected chi connectivity index (χ2v) is 4.27. The number of carbonyl (C=O) groups is 2. The zero-order valence-corrected chi connectivity index (χ0v) is 13.2. The van der Waals surface area contributed by atoms with E-state index in [4.69, 9.17) is 10.2 Å². The Morgan fingerprint density at radius 1 is 0.895 bits per heavy atom. The summed E-state index contributed by atoms with van der Waals surface area (Å²) in [6.45, 7) is 4.75. The van der Waals surface area contributed by atoms with Crippen LogP contribution in [0.2, 0.25) is 0 Å². The number of aliphatic carboxylic acids is 2. The van der Waals surface area contributed by atoms with Gasteiger partial charge >= 0.3 is 11.9 Å². The van der Waals surface area contributed by atoms with E-state index in [1.54, 1.807) is 0 Å². The van der Waals surface area contributed by atoms with Gasteiger partial charge in [0.2, 0.25) is 0 Å². The Morgan fingerprint density at radius 3 is 1.42 bits per heavy atom. The molecule has 0 bridgehead atoms. The quantitative estimate of drug-likeness (QED) is 0.422. The highest BCUT2D eigenvalue weighted by atomic mass is 79.9. The minimum absolute atomic E-state index is 0. The number of nitrogens with one attached hydrogen (secondary N) is 2. The van der Waals surface area contributed by atoms with Crippen LogP contribution in [-0.2, 0) is 9.59 Å². The van der Waals surface area contributed by atoms with Crippen LogP contribution in [0, 0.1) is 0 Å². The molecule has 4 N–H and O–H groups in total. The highest BCUT2D eigenvalue weighted by molar-refractivity contribution is 8.93. The lowest BCUT2D eigenvalue weighted by Crippen LogP contribution is -2.44. The van der Waals surface area contributed by atoms with E-state index in [-0.39, 0.29) is 17.0 Å². The summed E-state index contributed by atoms with van der Waals surface area (Å²) in [6, 6.07) is -1.10. The molecule has 2 unspecified atom stereocenters. The first-order valence-electron chi connectivity index (χ1n) is 6.45. The minimum atomic E-state index is -0.861. The molecule has 19 heavy (non-hydrogen) atoms. The largest absolute Gasteiger partial charge is 0.480 e. The van der Waals surface area contributed by atoms with Crippen LogP contribution in [-0.4, -0.2) is 47.3 Å². The molecule has 0 aliphatic rings. The van der Waals surface area contributed by atoms with Gasteiger partial charge in [-0.05, 0) is 12.8 Å². The van der Waals surface area contributed by atoms with Gasteiger partial charge in [0, 0.05) is 13.1 Å². The maximum Gasteiger partial charge on any atom is 0.320 e. The van der Waals surface area contributed by atoms with Crippen LogP contribution in [0.5, 0.6) is 0 Å². The third-order valence-corrected chi connectivity index (χ3v) is 2.66. The monoisotopic (exact) mass is 340 g/mol. The second-order valence-electron chi connectivity index (χ2n) is 4.27. The van der Waals surface area contributed by atoms with E-state index in [0.717, 1.165) is 12.8 Å². The average Bonchev–Trinajstić information content (AvgIpc) is 2.30. The Bertz CT molecular complexity index is 238. The van der Waals surface area contributed by atoms with E-state index in [1.165, 1.54) is 0 Å². The van der Waals surface area contributed by atoms with Crippen molar-refractivity contribution in [2.45, 2.75) is 51.6 Å². The molecule has 0 aromatic carbocycles. The Morgan fingerprint density at radius 2 is 1.21 bits per heavy atom. The summed E-state index contributed by atoms with van der Waals surface area (Å²) < 4.78 is 0. The maximum absolute atomic E-state index is 10.9. The molecule has 7 heteroatoms. The molecule has 0 fully saturated rings. The summed E-state index contributed by atoms with van der Waals surface area (Å²) in [6.07, 6.45) is 2.75. The molecule has 0 saturated heterocycles. The summed E-state index contributed by atoms with van der Waals surface area (Å²) in [5.41, 5.74) is 0. The highest BCUT2D eigenvalue weighted by Crippen LogP contribution is 1.97. The predicted octanol–water partition coefficient (Wildman–Crippen LogP) is 1.25. The van der Waals surface area contributed by atoms with Gasteiger partial charge in [-0.2, -0.15) is 0 Å². The zero-order valence-electron chi connectivity index (χ0n) is 11.5. The molecule has 0 heterocycles. The van der Waals surface area contributed by atoms with Crippen molar-refractivity contribution in [1.82, 2.24) is 10.6 Å². The molecule has 0 spiro atoms.